The largest absolute Gasteiger partial charge is 0.450 e. The molecule has 3 nitrogen and oxygen atoms in total. The van der Waals surface area contributed by atoms with Crippen molar-refractivity contribution in [1.29, 1.82) is 0 Å². The zero-order chi connectivity index (χ0) is 13.1. The lowest BCUT2D eigenvalue weighted by Crippen LogP contribution is -2.22. The minimum Gasteiger partial charge on any atom is -0.450 e. The summed E-state index contributed by atoms with van der Waals surface area (Å²) in [5.41, 5.74) is 5.15. The maximum atomic E-state index is 13.1. The van der Waals surface area contributed by atoms with Gasteiger partial charge in [0.2, 0.25) is 0 Å². The normalized spacial score (nSPS) is 10.4. The van der Waals surface area contributed by atoms with E-state index in [2.05, 4.69) is 11.8 Å². The first-order valence-corrected chi connectivity index (χ1v) is 5.08. The third-order valence-electron chi connectivity index (χ3n) is 1.71. The van der Waals surface area contributed by atoms with Gasteiger partial charge in [0.25, 0.3) is 0 Å². The van der Waals surface area contributed by atoms with Crippen molar-refractivity contribution in [1.82, 2.24) is 0 Å². The third kappa shape index (κ3) is 4.56. The summed E-state index contributed by atoms with van der Waals surface area (Å²) < 4.78 is 18.0. The second-order valence-electron chi connectivity index (χ2n) is 4.49. The Balaban J connectivity index is 2.78. The molecule has 0 saturated carbocycles. The van der Waals surface area contributed by atoms with Crippen molar-refractivity contribution in [2.45, 2.75) is 26.4 Å². The Hall–Kier alpha value is -2.02. The molecule has 0 heterocycles. The van der Waals surface area contributed by atoms with E-state index in [1.54, 1.807) is 20.8 Å². The number of carbonyl (C=O) groups is 1. The van der Waals surface area contributed by atoms with Gasteiger partial charge in [-0.3, -0.25) is 0 Å². The molecule has 4 heteroatoms. The zero-order valence-electron chi connectivity index (χ0n) is 10.0. The maximum Gasteiger partial charge on any atom is 0.385 e. The van der Waals surface area contributed by atoms with Crippen LogP contribution in [0.4, 0.5) is 10.1 Å². The van der Waals surface area contributed by atoms with Crippen LogP contribution in [0, 0.1) is 17.7 Å². The summed E-state index contributed by atoms with van der Waals surface area (Å²) in [6, 6.07) is 4.11. The number of benzene rings is 1. The molecule has 0 aromatic heterocycles. The number of hydrogen-bond donors (Lipinski definition) is 1. The van der Waals surface area contributed by atoms with Crippen LogP contribution in [0.2, 0.25) is 0 Å². The average Bonchev–Trinajstić information content (AvgIpc) is 2.17. The Morgan fingerprint density at radius 3 is 2.59 bits per heavy atom. The molecule has 0 aliphatic carbocycles. The fourth-order valence-corrected chi connectivity index (χ4v) is 1.03. The van der Waals surface area contributed by atoms with Crippen LogP contribution < -0.4 is 5.73 Å². The molecule has 1 aromatic carbocycles. The van der Waals surface area contributed by atoms with Crippen molar-refractivity contribution in [2.75, 3.05) is 5.73 Å². The summed E-state index contributed by atoms with van der Waals surface area (Å²) in [5.74, 6) is 3.60. The van der Waals surface area contributed by atoms with Crippen LogP contribution in [0.3, 0.4) is 0 Å². The summed E-state index contributed by atoms with van der Waals surface area (Å²) in [7, 11) is 0. The highest BCUT2D eigenvalue weighted by Gasteiger charge is 2.14. The van der Waals surface area contributed by atoms with E-state index < -0.39 is 17.4 Å². The summed E-state index contributed by atoms with van der Waals surface area (Å²) in [6.45, 7) is 5.24. The first-order chi connectivity index (χ1) is 7.78. The van der Waals surface area contributed by atoms with E-state index in [1.165, 1.54) is 18.2 Å². The maximum absolute atomic E-state index is 13.1. The molecule has 0 aliphatic rings. The van der Waals surface area contributed by atoms with Crippen LogP contribution in [0.1, 0.15) is 26.3 Å². The average molecular weight is 235 g/mol. The predicted molar refractivity (Wildman–Crippen MR) is 63.5 cm³/mol. The quantitative estimate of drug-likeness (QED) is 0.425. The first kappa shape index (κ1) is 13.0. The third-order valence-corrected chi connectivity index (χ3v) is 1.71. The molecule has 0 saturated heterocycles. The van der Waals surface area contributed by atoms with Gasteiger partial charge in [-0.05, 0) is 39.0 Å². The molecular weight excluding hydrogens is 221 g/mol. The van der Waals surface area contributed by atoms with E-state index in [4.69, 9.17) is 10.5 Å². The van der Waals surface area contributed by atoms with Crippen molar-refractivity contribution < 1.29 is 13.9 Å². The molecule has 0 fully saturated rings. The van der Waals surface area contributed by atoms with Gasteiger partial charge in [-0.25, -0.2) is 9.18 Å². The fraction of sp³-hybridized carbons (Fsp3) is 0.308. The first-order valence-electron chi connectivity index (χ1n) is 5.08. The fourth-order valence-electron chi connectivity index (χ4n) is 1.03. The van der Waals surface area contributed by atoms with E-state index in [0.717, 1.165) is 0 Å². The minimum absolute atomic E-state index is 0.0489. The molecule has 2 N–H and O–H groups in total. The van der Waals surface area contributed by atoms with Gasteiger partial charge in [0.05, 0.1) is 5.69 Å². The predicted octanol–water partition coefficient (Wildman–Crippen LogP) is 2.10. The van der Waals surface area contributed by atoms with E-state index in [-0.39, 0.29) is 5.69 Å². The number of nitrogens with two attached hydrogens (primary N) is 1. The molecule has 90 valence electrons. The lowest BCUT2D eigenvalue weighted by atomic mass is 10.2. The van der Waals surface area contributed by atoms with Gasteiger partial charge in [0.15, 0.2) is 0 Å². The van der Waals surface area contributed by atoms with E-state index in [9.17, 15) is 9.18 Å². The highest BCUT2D eigenvalue weighted by atomic mass is 19.1. The number of ether oxygens (including phenoxy) is 1. The molecule has 0 amide bonds. The number of halogens is 1. The second-order valence-corrected chi connectivity index (χ2v) is 4.49. The number of carbonyl (C=O) groups excluding carboxylic acids is 1. The lowest BCUT2D eigenvalue weighted by molar-refractivity contribution is -0.147. The molecule has 0 aliphatic heterocycles. The molecule has 0 bridgehead atoms. The summed E-state index contributed by atoms with van der Waals surface area (Å²) in [5, 5.41) is 0. The number of esters is 1. The molecule has 0 unspecified atom stereocenters. The Morgan fingerprint density at radius 2 is 2.06 bits per heavy atom. The SMILES string of the molecule is CC(C)(C)OC(=O)C#Cc1ccc(N)c(F)c1. The van der Waals surface area contributed by atoms with Gasteiger partial charge in [-0.1, -0.05) is 5.92 Å². The minimum atomic E-state index is -0.644. The molecule has 1 aromatic rings. The van der Waals surface area contributed by atoms with Crippen molar-refractivity contribution >= 4 is 11.7 Å². The van der Waals surface area contributed by atoms with Gasteiger partial charge in [0.1, 0.15) is 11.4 Å². The standard InChI is InChI=1S/C13H14FNO2/c1-13(2,3)17-12(16)7-5-9-4-6-11(15)10(14)8-9/h4,6,8H,15H2,1-3H3. The van der Waals surface area contributed by atoms with Crippen molar-refractivity contribution in [2.24, 2.45) is 0 Å². The molecule has 1 rings (SSSR count). The molecular formula is C13H14FNO2. The van der Waals surface area contributed by atoms with Crippen molar-refractivity contribution in [3.05, 3.63) is 29.6 Å². The molecule has 0 atom stereocenters. The smallest absolute Gasteiger partial charge is 0.385 e. The number of rotatable bonds is 0. The van der Waals surface area contributed by atoms with Crippen LogP contribution in [0.5, 0.6) is 0 Å². The van der Waals surface area contributed by atoms with E-state index in [1.807, 2.05) is 0 Å². The highest BCUT2D eigenvalue weighted by Crippen LogP contribution is 2.11. The Morgan fingerprint density at radius 1 is 1.41 bits per heavy atom. The monoisotopic (exact) mass is 235 g/mol. The van der Waals surface area contributed by atoms with Crippen LogP contribution in [-0.2, 0) is 9.53 Å². The van der Waals surface area contributed by atoms with Gasteiger partial charge < -0.3 is 10.5 Å². The number of hydrogen-bond acceptors (Lipinski definition) is 3. The number of anilines is 1. The van der Waals surface area contributed by atoms with Crippen LogP contribution >= 0.6 is 0 Å². The van der Waals surface area contributed by atoms with E-state index >= 15 is 0 Å². The summed E-state index contributed by atoms with van der Waals surface area (Å²) in [6.07, 6.45) is 0. The molecule has 0 radical (unpaired) electrons. The Bertz CT molecular complexity index is 492. The zero-order valence-corrected chi connectivity index (χ0v) is 10.0. The topological polar surface area (TPSA) is 52.3 Å². The second kappa shape index (κ2) is 4.88. The highest BCUT2D eigenvalue weighted by molar-refractivity contribution is 5.89. The van der Waals surface area contributed by atoms with Crippen molar-refractivity contribution in [3.8, 4) is 11.8 Å². The van der Waals surface area contributed by atoms with Gasteiger partial charge in [-0.2, -0.15) is 0 Å². The lowest BCUT2D eigenvalue weighted by Gasteiger charge is -2.16. The van der Waals surface area contributed by atoms with E-state index in [0.29, 0.717) is 5.56 Å². The van der Waals surface area contributed by atoms with Crippen LogP contribution in [-0.4, -0.2) is 11.6 Å². The van der Waals surface area contributed by atoms with Crippen LogP contribution in [0.15, 0.2) is 18.2 Å². The summed E-state index contributed by atoms with van der Waals surface area (Å²) >= 11 is 0. The Kier molecular flexibility index (Phi) is 3.74. The van der Waals surface area contributed by atoms with Gasteiger partial charge in [0, 0.05) is 11.5 Å². The van der Waals surface area contributed by atoms with Crippen LogP contribution in [0.25, 0.3) is 0 Å². The van der Waals surface area contributed by atoms with Gasteiger partial charge in [-0.15, -0.1) is 0 Å². The van der Waals surface area contributed by atoms with Gasteiger partial charge >= 0.3 is 5.97 Å². The number of nitrogen functional groups attached to an aromatic ring is 1. The van der Waals surface area contributed by atoms with Crippen molar-refractivity contribution in [3.63, 3.8) is 0 Å². The molecule has 0 spiro atoms. The summed E-state index contributed by atoms with van der Waals surface area (Å²) in [4.78, 5) is 11.3. The molecule has 17 heavy (non-hydrogen) atoms. The Labute approximate surface area is 99.8 Å².